The Labute approximate surface area is 137 Å². The first kappa shape index (κ1) is 15.7. The summed E-state index contributed by atoms with van der Waals surface area (Å²) in [6.45, 7) is 1.37. The Bertz CT molecular complexity index is 724. The van der Waals surface area contributed by atoms with E-state index in [1.165, 1.54) is 24.4 Å². The summed E-state index contributed by atoms with van der Waals surface area (Å²) in [6.07, 6.45) is 1.36. The summed E-state index contributed by atoms with van der Waals surface area (Å²) in [5, 5.41) is 0.215. The predicted molar refractivity (Wildman–Crippen MR) is 83.2 cm³/mol. The van der Waals surface area contributed by atoms with E-state index in [-0.39, 0.29) is 29.1 Å². The Balaban J connectivity index is 1.67. The van der Waals surface area contributed by atoms with Gasteiger partial charge in [0.15, 0.2) is 11.6 Å². The number of hydrogen-bond acceptors (Lipinski definition) is 3. The number of carbonyl (C=O) groups excluding carboxylic acids is 1. The van der Waals surface area contributed by atoms with E-state index in [4.69, 9.17) is 11.6 Å². The van der Waals surface area contributed by atoms with Crippen molar-refractivity contribution in [3.05, 3.63) is 58.7 Å². The Morgan fingerprint density at radius 2 is 1.91 bits per heavy atom. The lowest BCUT2D eigenvalue weighted by Crippen LogP contribution is -2.50. The van der Waals surface area contributed by atoms with Crippen molar-refractivity contribution in [3.63, 3.8) is 0 Å². The van der Waals surface area contributed by atoms with Crippen molar-refractivity contribution in [2.24, 2.45) is 0 Å². The topological polar surface area (TPSA) is 36.4 Å². The number of amides is 1. The average Bonchev–Trinajstić information content (AvgIpc) is 2.51. The quantitative estimate of drug-likeness (QED) is 0.864. The second kappa shape index (κ2) is 6.50. The molecule has 1 aromatic heterocycles. The van der Waals surface area contributed by atoms with Gasteiger partial charge in [-0.05, 0) is 23.8 Å². The standard InChI is InChI=1S/C16H14ClF2N3O/c17-12-7-14(19)16(20-8-12)22-6-5-21(15(23)10-22)9-11-1-3-13(18)4-2-11/h1-4,7-8H,5-6,9-10H2. The van der Waals surface area contributed by atoms with Gasteiger partial charge in [0.25, 0.3) is 0 Å². The molecule has 1 aromatic carbocycles. The van der Waals surface area contributed by atoms with Crippen LogP contribution >= 0.6 is 11.6 Å². The van der Waals surface area contributed by atoms with Crippen LogP contribution in [0.2, 0.25) is 5.02 Å². The van der Waals surface area contributed by atoms with Gasteiger partial charge < -0.3 is 9.80 Å². The fraction of sp³-hybridized carbons (Fsp3) is 0.250. The fourth-order valence-electron chi connectivity index (χ4n) is 2.51. The largest absolute Gasteiger partial charge is 0.343 e. The Hall–Kier alpha value is -2.21. The van der Waals surface area contributed by atoms with Crippen LogP contribution in [0.1, 0.15) is 5.56 Å². The van der Waals surface area contributed by atoms with Gasteiger partial charge in [0, 0.05) is 25.8 Å². The number of anilines is 1. The molecule has 1 aliphatic rings. The number of halogens is 3. The third kappa shape index (κ3) is 3.59. The maximum absolute atomic E-state index is 13.9. The number of pyridine rings is 1. The van der Waals surface area contributed by atoms with Crippen LogP contribution in [-0.2, 0) is 11.3 Å². The third-order valence-electron chi connectivity index (χ3n) is 3.69. The van der Waals surface area contributed by atoms with Crippen molar-refractivity contribution in [1.82, 2.24) is 9.88 Å². The first-order chi connectivity index (χ1) is 11.0. The minimum atomic E-state index is -0.544. The first-order valence-electron chi connectivity index (χ1n) is 7.11. The van der Waals surface area contributed by atoms with E-state index in [1.807, 2.05) is 0 Å². The van der Waals surface area contributed by atoms with Crippen LogP contribution in [0.4, 0.5) is 14.6 Å². The lowest BCUT2D eigenvalue weighted by atomic mass is 10.2. The molecule has 0 N–H and O–H groups in total. The van der Waals surface area contributed by atoms with Crippen LogP contribution in [0.25, 0.3) is 0 Å². The second-order valence-corrected chi connectivity index (χ2v) is 5.76. The molecule has 4 nitrogen and oxygen atoms in total. The Morgan fingerprint density at radius 3 is 2.57 bits per heavy atom. The lowest BCUT2D eigenvalue weighted by Gasteiger charge is -2.35. The van der Waals surface area contributed by atoms with Gasteiger partial charge in [0.2, 0.25) is 5.91 Å². The van der Waals surface area contributed by atoms with Gasteiger partial charge in [-0.3, -0.25) is 4.79 Å². The molecule has 0 radical (unpaired) electrons. The van der Waals surface area contributed by atoms with Crippen molar-refractivity contribution in [2.45, 2.75) is 6.54 Å². The molecule has 0 bridgehead atoms. The van der Waals surface area contributed by atoms with E-state index in [0.717, 1.165) is 5.56 Å². The molecule has 23 heavy (non-hydrogen) atoms. The second-order valence-electron chi connectivity index (χ2n) is 5.32. The highest BCUT2D eigenvalue weighted by Crippen LogP contribution is 2.21. The summed E-state index contributed by atoms with van der Waals surface area (Å²) in [6, 6.07) is 7.20. The Kier molecular flexibility index (Phi) is 4.43. The van der Waals surface area contributed by atoms with Crippen molar-refractivity contribution in [1.29, 1.82) is 0 Å². The van der Waals surface area contributed by atoms with Gasteiger partial charge >= 0.3 is 0 Å². The highest BCUT2D eigenvalue weighted by molar-refractivity contribution is 6.30. The van der Waals surface area contributed by atoms with Crippen molar-refractivity contribution >= 4 is 23.3 Å². The predicted octanol–water partition coefficient (Wildman–Crippen LogP) is 2.86. The van der Waals surface area contributed by atoms with E-state index in [9.17, 15) is 13.6 Å². The van der Waals surface area contributed by atoms with E-state index in [1.54, 1.807) is 21.9 Å². The molecule has 0 spiro atoms. The molecular weight excluding hydrogens is 324 g/mol. The first-order valence-corrected chi connectivity index (χ1v) is 7.49. The SMILES string of the molecule is O=C1CN(c2ncc(Cl)cc2F)CCN1Cc1ccc(F)cc1. The molecule has 0 unspecified atom stereocenters. The third-order valence-corrected chi connectivity index (χ3v) is 3.90. The molecule has 2 heterocycles. The zero-order valence-corrected chi connectivity index (χ0v) is 12.9. The maximum atomic E-state index is 13.9. The molecule has 1 amide bonds. The van der Waals surface area contributed by atoms with Crippen LogP contribution in [-0.4, -0.2) is 35.4 Å². The molecule has 2 aromatic rings. The highest BCUT2D eigenvalue weighted by Gasteiger charge is 2.26. The minimum absolute atomic E-state index is 0.0484. The number of nitrogens with zero attached hydrogens (tertiary/aromatic N) is 3. The van der Waals surface area contributed by atoms with Crippen molar-refractivity contribution in [3.8, 4) is 0 Å². The molecule has 120 valence electrons. The van der Waals surface area contributed by atoms with E-state index < -0.39 is 5.82 Å². The smallest absolute Gasteiger partial charge is 0.242 e. The van der Waals surface area contributed by atoms with E-state index in [0.29, 0.717) is 19.6 Å². The van der Waals surface area contributed by atoms with E-state index >= 15 is 0 Å². The normalized spacial score (nSPS) is 15.2. The molecule has 1 fully saturated rings. The molecule has 0 saturated carbocycles. The van der Waals surface area contributed by atoms with Gasteiger partial charge in [0.1, 0.15) is 5.82 Å². The monoisotopic (exact) mass is 337 g/mol. The zero-order valence-electron chi connectivity index (χ0n) is 12.2. The van der Waals surface area contributed by atoms with Crippen molar-refractivity contribution in [2.75, 3.05) is 24.5 Å². The Morgan fingerprint density at radius 1 is 1.17 bits per heavy atom. The number of aromatic nitrogens is 1. The van der Waals surface area contributed by atoms with Gasteiger partial charge in [-0.15, -0.1) is 0 Å². The molecule has 3 rings (SSSR count). The van der Waals surface area contributed by atoms with Crippen LogP contribution in [0.5, 0.6) is 0 Å². The van der Waals surface area contributed by atoms with Crippen LogP contribution in [0.15, 0.2) is 36.5 Å². The highest BCUT2D eigenvalue weighted by atomic mass is 35.5. The number of piperazine rings is 1. The van der Waals surface area contributed by atoms with Crippen LogP contribution in [0, 0.1) is 11.6 Å². The minimum Gasteiger partial charge on any atom is -0.343 e. The summed E-state index contributed by atoms with van der Waals surface area (Å²) >= 11 is 5.69. The summed E-state index contributed by atoms with van der Waals surface area (Å²) in [4.78, 5) is 19.5. The van der Waals surface area contributed by atoms with Gasteiger partial charge in [-0.2, -0.15) is 0 Å². The number of rotatable bonds is 3. The summed E-state index contributed by atoms with van der Waals surface area (Å²) < 4.78 is 26.8. The summed E-state index contributed by atoms with van der Waals surface area (Å²) in [7, 11) is 0. The van der Waals surface area contributed by atoms with Crippen molar-refractivity contribution < 1.29 is 13.6 Å². The van der Waals surface area contributed by atoms with Gasteiger partial charge in [0.05, 0.1) is 11.6 Å². The number of hydrogen-bond donors (Lipinski definition) is 0. The fourth-order valence-corrected chi connectivity index (χ4v) is 2.65. The maximum Gasteiger partial charge on any atom is 0.242 e. The number of carbonyl (C=O) groups is 1. The average molecular weight is 338 g/mol. The van der Waals surface area contributed by atoms with Crippen LogP contribution in [0.3, 0.4) is 0 Å². The van der Waals surface area contributed by atoms with E-state index in [2.05, 4.69) is 4.98 Å². The molecule has 0 aliphatic carbocycles. The number of benzene rings is 1. The molecule has 7 heteroatoms. The van der Waals surface area contributed by atoms with Gasteiger partial charge in [-0.1, -0.05) is 23.7 Å². The molecule has 0 atom stereocenters. The molecule has 1 saturated heterocycles. The molecular formula is C16H14ClF2N3O. The lowest BCUT2D eigenvalue weighted by molar-refractivity contribution is -0.131. The zero-order chi connectivity index (χ0) is 16.4. The molecule has 1 aliphatic heterocycles. The summed E-state index contributed by atoms with van der Waals surface area (Å²) in [5.74, 6) is -0.854. The summed E-state index contributed by atoms with van der Waals surface area (Å²) in [5.41, 5.74) is 0.851. The van der Waals surface area contributed by atoms with Crippen LogP contribution < -0.4 is 4.90 Å². The van der Waals surface area contributed by atoms with Gasteiger partial charge in [-0.25, -0.2) is 13.8 Å².